The number of benzene rings is 2. The van der Waals surface area contributed by atoms with E-state index in [0.717, 1.165) is 16.0 Å². The van der Waals surface area contributed by atoms with E-state index in [2.05, 4.69) is 0 Å². The number of thiophene rings is 1. The molecular formula is C22H21NO2S. The van der Waals surface area contributed by atoms with Crippen molar-refractivity contribution in [2.24, 2.45) is 0 Å². The largest absolute Gasteiger partial charge is 0.337 e. The summed E-state index contributed by atoms with van der Waals surface area (Å²) in [5, 5.41) is 1.99. The Morgan fingerprint density at radius 3 is 2.35 bits per heavy atom. The fraction of sp³-hybridized carbons (Fsp3) is 0.182. The molecule has 0 aliphatic heterocycles. The Balaban J connectivity index is 1.94. The summed E-state index contributed by atoms with van der Waals surface area (Å²) in [6, 6.07) is 16.8. The minimum atomic E-state index is -0.146. The van der Waals surface area contributed by atoms with E-state index in [4.69, 9.17) is 0 Å². The van der Waals surface area contributed by atoms with Crippen LogP contribution in [0.15, 0.2) is 60.0 Å². The molecule has 0 N–H and O–H groups in total. The van der Waals surface area contributed by atoms with Crippen molar-refractivity contribution in [2.45, 2.75) is 20.4 Å². The van der Waals surface area contributed by atoms with Crippen molar-refractivity contribution < 1.29 is 9.59 Å². The van der Waals surface area contributed by atoms with E-state index in [0.29, 0.717) is 23.2 Å². The number of hydrogen-bond acceptors (Lipinski definition) is 3. The van der Waals surface area contributed by atoms with Gasteiger partial charge in [0.05, 0.1) is 12.1 Å². The lowest BCUT2D eigenvalue weighted by atomic mass is 9.94. The van der Waals surface area contributed by atoms with E-state index in [-0.39, 0.29) is 11.7 Å². The molecule has 26 heavy (non-hydrogen) atoms. The van der Waals surface area contributed by atoms with Crippen molar-refractivity contribution in [3.8, 4) is 0 Å². The SMILES string of the molecule is Cc1ccc(C)c(C(=O)c2ccccc2C(=O)N(C)Cc2cccs2)c1. The molecule has 0 bridgehead atoms. The Morgan fingerprint density at radius 2 is 1.65 bits per heavy atom. The van der Waals surface area contributed by atoms with Gasteiger partial charge in [-0.05, 0) is 43.0 Å². The zero-order valence-electron chi connectivity index (χ0n) is 15.2. The number of carbonyl (C=O) groups is 2. The molecule has 0 spiro atoms. The lowest BCUT2D eigenvalue weighted by molar-refractivity contribution is 0.0782. The van der Waals surface area contributed by atoms with Crippen LogP contribution >= 0.6 is 11.3 Å². The number of ketones is 1. The van der Waals surface area contributed by atoms with Crippen LogP contribution in [0.2, 0.25) is 0 Å². The van der Waals surface area contributed by atoms with Crippen molar-refractivity contribution in [3.63, 3.8) is 0 Å². The van der Waals surface area contributed by atoms with Crippen LogP contribution in [-0.4, -0.2) is 23.6 Å². The molecule has 1 aromatic heterocycles. The van der Waals surface area contributed by atoms with Gasteiger partial charge in [-0.1, -0.05) is 42.0 Å². The predicted molar refractivity (Wildman–Crippen MR) is 106 cm³/mol. The molecular weight excluding hydrogens is 342 g/mol. The van der Waals surface area contributed by atoms with Crippen LogP contribution in [0.25, 0.3) is 0 Å². The molecule has 0 saturated heterocycles. The fourth-order valence-corrected chi connectivity index (χ4v) is 3.66. The van der Waals surface area contributed by atoms with Gasteiger partial charge >= 0.3 is 0 Å². The van der Waals surface area contributed by atoms with Gasteiger partial charge in [0, 0.05) is 23.1 Å². The maximum absolute atomic E-state index is 13.1. The molecule has 0 radical (unpaired) electrons. The van der Waals surface area contributed by atoms with Crippen LogP contribution in [0.5, 0.6) is 0 Å². The van der Waals surface area contributed by atoms with E-state index < -0.39 is 0 Å². The molecule has 3 aromatic rings. The second-order valence-corrected chi connectivity index (χ2v) is 7.47. The second-order valence-electron chi connectivity index (χ2n) is 6.43. The van der Waals surface area contributed by atoms with Crippen LogP contribution in [0.3, 0.4) is 0 Å². The van der Waals surface area contributed by atoms with Crippen LogP contribution in [0.4, 0.5) is 0 Å². The fourth-order valence-electron chi connectivity index (χ4n) is 2.91. The van der Waals surface area contributed by atoms with Crippen molar-refractivity contribution in [1.29, 1.82) is 0 Å². The molecule has 0 unspecified atom stereocenters. The van der Waals surface area contributed by atoms with E-state index in [1.54, 1.807) is 47.5 Å². The van der Waals surface area contributed by atoms with E-state index in [1.807, 2.05) is 49.6 Å². The third-order valence-electron chi connectivity index (χ3n) is 4.36. The van der Waals surface area contributed by atoms with Crippen molar-refractivity contribution >= 4 is 23.0 Å². The Morgan fingerprint density at radius 1 is 0.923 bits per heavy atom. The first kappa shape index (κ1) is 18.1. The molecule has 2 aromatic carbocycles. The first-order valence-electron chi connectivity index (χ1n) is 8.46. The first-order valence-corrected chi connectivity index (χ1v) is 9.34. The van der Waals surface area contributed by atoms with Crippen molar-refractivity contribution in [1.82, 2.24) is 4.90 Å². The number of rotatable bonds is 5. The van der Waals surface area contributed by atoms with Gasteiger partial charge in [-0.25, -0.2) is 0 Å². The topological polar surface area (TPSA) is 37.4 Å². The van der Waals surface area contributed by atoms with Crippen molar-refractivity contribution in [2.75, 3.05) is 7.05 Å². The molecule has 1 heterocycles. The van der Waals surface area contributed by atoms with Crippen LogP contribution in [0.1, 0.15) is 42.3 Å². The molecule has 0 aliphatic rings. The van der Waals surface area contributed by atoms with Gasteiger partial charge in [0.1, 0.15) is 0 Å². The summed E-state index contributed by atoms with van der Waals surface area (Å²) in [5.41, 5.74) is 3.47. The Bertz CT molecular complexity index is 945. The number of carbonyl (C=O) groups excluding carboxylic acids is 2. The molecule has 4 heteroatoms. The molecule has 0 saturated carbocycles. The van der Waals surface area contributed by atoms with Crippen LogP contribution in [-0.2, 0) is 6.54 Å². The molecule has 1 amide bonds. The normalized spacial score (nSPS) is 10.6. The molecule has 0 atom stereocenters. The Kier molecular flexibility index (Phi) is 5.33. The van der Waals surface area contributed by atoms with E-state index in [9.17, 15) is 9.59 Å². The molecule has 3 nitrogen and oxygen atoms in total. The molecule has 0 fully saturated rings. The average Bonchev–Trinajstić information content (AvgIpc) is 3.15. The zero-order valence-corrected chi connectivity index (χ0v) is 16.0. The number of nitrogens with zero attached hydrogens (tertiary/aromatic N) is 1. The minimum Gasteiger partial charge on any atom is -0.337 e. The highest BCUT2D eigenvalue weighted by Gasteiger charge is 2.21. The maximum Gasteiger partial charge on any atom is 0.254 e. The summed E-state index contributed by atoms with van der Waals surface area (Å²) in [6.07, 6.45) is 0. The van der Waals surface area contributed by atoms with Gasteiger partial charge in [0.2, 0.25) is 0 Å². The Labute approximate surface area is 157 Å². The monoisotopic (exact) mass is 363 g/mol. The summed E-state index contributed by atoms with van der Waals surface area (Å²) in [4.78, 5) is 28.8. The van der Waals surface area contributed by atoms with Crippen LogP contribution in [0, 0.1) is 13.8 Å². The van der Waals surface area contributed by atoms with Gasteiger partial charge in [0.25, 0.3) is 5.91 Å². The van der Waals surface area contributed by atoms with Gasteiger partial charge in [0.15, 0.2) is 5.78 Å². The first-order chi connectivity index (χ1) is 12.5. The third-order valence-corrected chi connectivity index (χ3v) is 5.22. The smallest absolute Gasteiger partial charge is 0.254 e. The summed E-state index contributed by atoms with van der Waals surface area (Å²) in [5.74, 6) is -0.257. The molecule has 3 rings (SSSR count). The maximum atomic E-state index is 13.1. The standard InChI is InChI=1S/C22H21NO2S/c1-15-10-11-16(2)20(13-15)21(24)18-8-4-5-9-19(18)22(25)23(3)14-17-7-6-12-26-17/h4-13H,14H2,1-3H3. The summed E-state index contributed by atoms with van der Waals surface area (Å²) in [7, 11) is 1.77. The molecule has 132 valence electrons. The van der Waals surface area contributed by atoms with Gasteiger partial charge in [-0.3, -0.25) is 9.59 Å². The average molecular weight is 363 g/mol. The zero-order chi connectivity index (χ0) is 18.7. The number of amides is 1. The third kappa shape index (κ3) is 3.75. The lowest BCUT2D eigenvalue weighted by Gasteiger charge is -2.18. The summed E-state index contributed by atoms with van der Waals surface area (Å²) < 4.78 is 0. The minimum absolute atomic E-state index is 0.111. The molecule has 0 aliphatic carbocycles. The second kappa shape index (κ2) is 7.67. The van der Waals surface area contributed by atoms with Gasteiger partial charge < -0.3 is 4.90 Å². The summed E-state index contributed by atoms with van der Waals surface area (Å²) >= 11 is 1.61. The van der Waals surface area contributed by atoms with Crippen molar-refractivity contribution in [3.05, 3.63) is 92.7 Å². The number of hydrogen-bond donors (Lipinski definition) is 0. The van der Waals surface area contributed by atoms with E-state index >= 15 is 0 Å². The lowest BCUT2D eigenvalue weighted by Crippen LogP contribution is -2.27. The van der Waals surface area contributed by atoms with Gasteiger partial charge in [-0.15, -0.1) is 11.3 Å². The van der Waals surface area contributed by atoms with Crippen LogP contribution < -0.4 is 0 Å². The highest BCUT2D eigenvalue weighted by atomic mass is 32.1. The predicted octanol–water partition coefficient (Wildman–Crippen LogP) is 4.87. The summed E-state index contributed by atoms with van der Waals surface area (Å²) in [6.45, 7) is 4.41. The quantitative estimate of drug-likeness (QED) is 0.607. The highest BCUT2D eigenvalue weighted by Crippen LogP contribution is 2.21. The Hall–Kier alpha value is -2.72. The number of aryl methyl sites for hydroxylation is 2. The van der Waals surface area contributed by atoms with E-state index in [1.165, 1.54) is 0 Å². The highest BCUT2D eigenvalue weighted by molar-refractivity contribution is 7.09. The van der Waals surface area contributed by atoms with Gasteiger partial charge in [-0.2, -0.15) is 0 Å².